The first-order valence-electron chi connectivity index (χ1n) is 6.44. The Morgan fingerprint density at radius 3 is 2.40 bits per heavy atom. The van der Waals surface area contributed by atoms with E-state index in [1.54, 1.807) is 31.2 Å². The number of hydrogen-bond acceptors (Lipinski definition) is 5. The first kappa shape index (κ1) is 16.7. The summed E-state index contributed by atoms with van der Waals surface area (Å²) in [6, 6.07) is 6.63. The van der Waals surface area contributed by atoms with Crippen molar-refractivity contribution in [1.29, 1.82) is 0 Å². The molecule has 112 valence electrons. The molecule has 0 radical (unpaired) electrons. The highest BCUT2D eigenvalue weighted by atomic mass is 32.2. The number of ether oxygens (including phenoxy) is 2. The van der Waals surface area contributed by atoms with E-state index in [1.165, 1.54) is 6.92 Å². The number of aryl methyl sites for hydroxylation is 1. The summed E-state index contributed by atoms with van der Waals surface area (Å²) in [5.74, 6) is -0.653. The van der Waals surface area contributed by atoms with Crippen LogP contribution in [0.2, 0.25) is 0 Å². The summed E-state index contributed by atoms with van der Waals surface area (Å²) in [4.78, 5) is 11.6. The summed E-state index contributed by atoms with van der Waals surface area (Å²) in [5, 5.41) is 0. The van der Waals surface area contributed by atoms with Gasteiger partial charge in [-0.3, -0.25) is 0 Å². The minimum absolute atomic E-state index is 0.0454. The van der Waals surface area contributed by atoms with Gasteiger partial charge in [0.05, 0.1) is 23.9 Å². The molecule has 5 nitrogen and oxygen atoms in total. The fourth-order valence-corrected chi connectivity index (χ4v) is 2.63. The molecule has 0 fully saturated rings. The second-order valence-corrected chi connectivity index (χ2v) is 6.51. The van der Waals surface area contributed by atoms with Crippen molar-refractivity contribution in [3.8, 4) is 0 Å². The third-order valence-electron chi connectivity index (χ3n) is 2.72. The Labute approximate surface area is 119 Å². The van der Waals surface area contributed by atoms with E-state index in [-0.39, 0.29) is 23.9 Å². The molecule has 0 spiro atoms. The molecule has 1 aromatic carbocycles. The number of sulfone groups is 1. The lowest BCUT2D eigenvalue weighted by Crippen LogP contribution is -2.26. The van der Waals surface area contributed by atoms with Gasteiger partial charge in [-0.1, -0.05) is 17.7 Å². The second-order valence-electron chi connectivity index (χ2n) is 4.40. The molecule has 0 aliphatic heterocycles. The first-order valence-corrected chi connectivity index (χ1v) is 8.09. The van der Waals surface area contributed by atoms with Crippen LogP contribution in [0.3, 0.4) is 0 Å². The molecule has 0 bridgehead atoms. The molecule has 20 heavy (non-hydrogen) atoms. The van der Waals surface area contributed by atoms with E-state index in [2.05, 4.69) is 0 Å². The SMILES string of the molecule is CCOC(=O)C(C)OCCS(=O)(=O)c1ccc(C)cc1. The van der Waals surface area contributed by atoms with Crippen LogP contribution in [0.1, 0.15) is 19.4 Å². The van der Waals surface area contributed by atoms with Crippen molar-refractivity contribution < 1.29 is 22.7 Å². The summed E-state index contributed by atoms with van der Waals surface area (Å²) in [5.41, 5.74) is 0.996. The van der Waals surface area contributed by atoms with Gasteiger partial charge in [0, 0.05) is 0 Å². The van der Waals surface area contributed by atoms with Gasteiger partial charge in [0.2, 0.25) is 0 Å². The smallest absolute Gasteiger partial charge is 0.334 e. The van der Waals surface area contributed by atoms with Crippen LogP contribution in [0.4, 0.5) is 0 Å². The van der Waals surface area contributed by atoms with E-state index in [9.17, 15) is 13.2 Å². The Bertz CT molecular complexity index is 533. The van der Waals surface area contributed by atoms with Gasteiger partial charge in [0.25, 0.3) is 0 Å². The highest BCUT2D eigenvalue weighted by molar-refractivity contribution is 7.91. The predicted molar refractivity (Wildman–Crippen MR) is 75.3 cm³/mol. The number of carbonyl (C=O) groups excluding carboxylic acids is 1. The molecule has 0 aliphatic carbocycles. The molecular formula is C14H20O5S. The van der Waals surface area contributed by atoms with Gasteiger partial charge >= 0.3 is 5.97 Å². The largest absolute Gasteiger partial charge is 0.464 e. The van der Waals surface area contributed by atoms with Gasteiger partial charge in [0.15, 0.2) is 15.9 Å². The maximum Gasteiger partial charge on any atom is 0.334 e. The maximum atomic E-state index is 12.0. The predicted octanol–water partition coefficient (Wildman–Crippen LogP) is 1.74. The molecular weight excluding hydrogens is 280 g/mol. The van der Waals surface area contributed by atoms with Gasteiger partial charge in [-0.15, -0.1) is 0 Å². The lowest BCUT2D eigenvalue weighted by molar-refractivity contribution is -0.155. The normalized spacial score (nSPS) is 12.9. The molecule has 0 aromatic heterocycles. The lowest BCUT2D eigenvalue weighted by Gasteiger charge is -2.12. The molecule has 0 saturated heterocycles. The zero-order valence-electron chi connectivity index (χ0n) is 12.0. The van der Waals surface area contributed by atoms with E-state index >= 15 is 0 Å². The minimum Gasteiger partial charge on any atom is -0.464 e. The summed E-state index contributed by atoms with van der Waals surface area (Å²) < 4.78 is 34.0. The molecule has 0 N–H and O–H groups in total. The standard InChI is InChI=1S/C14H20O5S/c1-4-18-14(15)12(3)19-9-10-20(16,17)13-7-5-11(2)6-8-13/h5-8,12H,4,9-10H2,1-3H3. The number of esters is 1. The van der Waals surface area contributed by atoms with Crippen LogP contribution in [0.5, 0.6) is 0 Å². The average molecular weight is 300 g/mol. The summed E-state index contributed by atoms with van der Waals surface area (Å²) in [7, 11) is -3.39. The van der Waals surface area contributed by atoms with Crippen molar-refractivity contribution in [1.82, 2.24) is 0 Å². The first-order chi connectivity index (χ1) is 9.36. The zero-order valence-corrected chi connectivity index (χ0v) is 12.8. The van der Waals surface area contributed by atoms with Crippen LogP contribution in [0, 0.1) is 6.92 Å². The van der Waals surface area contributed by atoms with Gasteiger partial charge < -0.3 is 9.47 Å². The van der Waals surface area contributed by atoms with Crippen LogP contribution in [0.25, 0.3) is 0 Å². The number of carbonyl (C=O) groups is 1. The van der Waals surface area contributed by atoms with Gasteiger partial charge in [-0.2, -0.15) is 0 Å². The van der Waals surface area contributed by atoms with E-state index in [4.69, 9.17) is 9.47 Å². The van der Waals surface area contributed by atoms with E-state index in [0.29, 0.717) is 0 Å². The third kappa shape index (κ3) is 4.94. The van der Waals surface area contributed by atoms with Gasteiger partial charge in [0.1, 0.15) is 0 Å². The quantitative estimate of drug-likeness (QED) is 0.717. The Balaban J connectivity index is 2.52. The highest BCUT2D eigenvalue weighted by Crippen LogP contribution is 2.12. The van der Waals surface area contributed by atoms with Crippen LogP contribution in [0.15, 0.2) is 29.2 Å². The summed E-state index contributed by atoms with van der Waals surface area (Å²) in [6.07, 6.45) is -0.761. The topological polar surface area (TPSA) is 69.7 Å². The monoisotopic (exact) mass is 300 g/mol. The van der Waals surface area contributed by atoms with Gasteiger partial charge in [-0.25, -0.2) is 13.2 Å². The summed E-state index contributed by atoms with van der Waals surface area (Å²) in [6.45, 7) is 5.36. The Kier molecular flexibility index (Phi) is 6.16. The average Bonchev–Trinajstić information content (AvgIpc) is 2.39. The third-order valence-corrected chi connectivity index (χ3v) is 4.41. The van der Waals surface area contributed by atoms with Crippen LogP contribution in [-0.2, 0) is 24.1 Å². The van der Waals surface area contributed by atoms with Crippen LogP contribution < -0.4 is 0 Å². The van der Waals surface area contributed by atoms with E-state index < -0.39 is 21.9 Å². The number of rotatable bonds is 7. The van der Waals surface area contributed by atoms with Crippen molar-refractivity contribution in [3.05, 3.63) is 29.8 Å². The Morgan fingerprint density at radius 2 is 1.85 bits per heavy atom. The molecule has 1 aromatic rings. The molecule has 1 unspecified atom stereocenters. The molecule has 6 heteroatoms. The Morgan fingerprint density at radius 1 is 1.25 bits per heavy atom. The van der Waals surface area contributed by atoms with Crippen molar-refractivity contribution >= 4 is 15.8 Å². The minimum atomic E-state index is -3.39. The van der Waals surface area contributed by atoms with Gasteiger partial charge in [-0.05, 0) is 32.9 Å². The number of benzene rings is 1. The maximum absolute atomic E-state index is 12.0. The van der Waals surface area contributed by atoms with Crippen molar-refractivity contribution in [3.63, 3.8) is 0 Å². The molecule has 0 saturated carbocycles. The Hall–Kier alpha value is -1.40. The van der Waals surface area contributed by atoms with Crippen molar-refractivity contribution in [2.75, 3.05) is 19.0 Å². The lowest BCUT2D eigenvalue weighted by atomic mass is 10.2. The van der Waals surface area contributed by atoms with Crippen LogP contribution >= 0.6 is 0 Å². The molecule has 0 aliphatic rings. The highest BCUT2D eigenvalue weighted by Gasteiger charge is 2.18. The molecule has 0 heterocycles. The fourth-order valence-electron chi connectivity index (χ4n) is 1.53. The second kappa shape index (κ2) is 7.40. The van der Waals surface area contributed by atoms with Crippen LogP contribution in [-0.4, -0.2) is 39.5 Å². The molecule has 1 rings (SSSR count). The number of hydrogen-bond donors (Lipinski definition) is 0. The van der Waals surface area contributed by atoms with Crippen molar-refractivity contribution in [2.45, 2.75) is 31.8 Å². The fraction of sp³-hybridized carbons (Fsp3) is 0.500. The van der Waals surface area contributed by atoms with E-state index in [1.807, 2.05) is 6.92 Å². The van der Waals surface area contributed by atoms with Crippen molar-refractivity contribution in [2.24, 2.45) is 0 Å². The molecule has 0 amide bonds. The zero-order chi connectivity index (χ0) is 15.2. The molecule has 1 atom stereocenters. The summed E-state index contributed by atoms with van der Waals surface area (Å²) >= 11 is 0. The van der Waals surface area contributed by atoms with E-state index in [0.717, 1.165) is 5.56 Å².